The Morgan fingerprint density at radius 1 is 1.29 bits per heavy atom. The predicted octanol–water partition coefficient (Wildman–Crippen LogP) is 2.21. The van der Waals surface area contributed by atoms with E-state index in [0.29, 0.717) is 13.0 Å². The Labute approximate surface area is 128 Å². The van der Waals surface area contributed by atoms with Crippen LogP contribution in [0.3, 0.4) is 0 Å². The summed E-state index contributed by atoms with van der Waals surface area (Å²) in [4.78, 5) is 11.6. The van der Waals surface area contributed by atoms with Gasteiger partial charge in [0.05, 0.1) is 18.8 Å². The van der Waals surface area contributed by atoms with Gasteiger partial charge in [0.1, 0.15) is 10.6 Å². The number of methoxy groups -OCH3 is 1. The van der Waals surface area contributed by atoms with Crippen molar-refractivity contribution in [2.45, 2.75) is 18.2 Å². The largest absolute Gasteiger partial charge is 0.492 e. The minimum atomic E-state index is -4.02. The van der Waals surface area contributed by atoms with Crippen molar-refractivity contribution in [3.8, 4) is 5.75 Å². The van der Waals surface area contributed by atoms with Crippen LogP contribution in [0.5, 0.6) is 5.75 Å². The van der Waals surface area contributed by atoms with Gasteiger partial charge in [0, 0.05) is 30.8 Å². The smallest absolute Gasteiger partial charge is 0.338 e. The van der Waals surface area contributed by atoms with Gasteiger partial charge in [-0.25, -0.2) is 13.2 Å². The molecule has 6 nitrogen and oxygen atoms in total. The lowest BCUT2D eigenvalue weighted by molar-refractivity contribution is 0.0468. The van der Waals surface area contributed by atoms with Crippen molar-refractivity contribution in [2.75, 3.05) is 26.9 Å². The maximum absolute atomic E-state index is 11.8. The van der Waals surface area contributed by atoms with E-state index in [1.54, 1.807) is 14.0 Å². The highest BCUT2D eigenvalue weighted by Crippen LogP contribution is 2.28. The number of esters is 1. The molecule has 0 radical (unpaired) electrons. The van der Waals surface area contributed by atoms with E-state index in [0.717, 1.165) is 6.07 Å². The molecule has 0 atom stereocenters. The number of benzene rings is 1. The summed E-state index contributed by atoms with van der Waals surface area (Å²) >= 11 is 0. The molecule has 21 heavy (non-hydrogen) atoms. The molecule has 0 aliphatic heterocycles. The van der Waals surface area contributed by atoms with Crippen LogP contribution in [0.1, 0.15) is 23.7 Å². The first-order valence-corrected chi connectivity index (χ1v) is 8.58. The molecular formula is C13H17ClO6S. The van der Waals surface area contributed by atoms with Gasteiger partial charge in [-0.05, 0) is 25.1 Å². The highest BCUT2D eigenvalue weighted by atomic mass is 35.7. The fourth-order valence-corrected chi connectivity index (χ4v) is 2.55. The second-order valence-electron chi connectivity index (χ2n) is 4.01. The number of carbonyl (C=O) groups excluding carboxylic acids is 1. The highest BCUT2D eigenvalue weighted by molar-refractivity contribution is 8.13. The van der Waals surface area contributed by atoms with Gasteiger partial charge in [0.2, 0.25) is 0 Å². The van der Waals surface area contributed by atoms with Crippen LogP contribution in [0, 0.1) is 0 Å². The van der Waals surface area contributed by atoms with E-state index < -0.39 is 15.0 Å². The van der Waals surface area contributed by atoms with E-state index in [9.17, 15) is 13.2 Å². The molecule has 0 fully saturated rings. The molecule has 0 N–H and O–H groups in total. The maximum atomic E-state index is 11.8. The summed E-state index contributed by atoms with van der Waals surface area (Å²) in [5.41, 5.74) is 0.0927. The van der Waals surface area contributed by atoms with E-state index in [-0.39, 0.29) is 29.4 Å². The summed E-state index contributed by atoms with van der Waals surface area (Å²) in [6.45, 7) is 2.64. The van der Waals surface area contributed by atoms with Gasteiger partial charge in [0.15, 0.2) is 0 Å². The molecule has 0 aromatic heterocycles. The third kappa shape index (κ3) is 5.53. The number of ether oxygens (including phenoxy) is 3. The van der Waals surface area contributed by atoms with Crippen LogP contribution in [0.2, 0.25) is 0 Å². The summed E-state index contributed by atoms with van der Waals surface area (Å²) in [7, 11) is 2.87. The van der Waals surface area contributed by atoms with Crippen LogP contribution in [-0.2, 0) is 18.5 Å². The molecule has 1 aromatic carbocycles. The van der Waals surface area contributed by atoms with Crippen LogP contribution in [-0.4, -0.2) is 41.3 Å². The fourth-order valence-electron chi connectivity index (χ4n) is 1.55. The molecular weight excluding hydrogens is 320 g/mol. The van der Waals surface area contributed by atoms with Crippen LogP contribution in [0.15, 0.2) is 23.1 Å². The van der Waals surface area contributed by atoms with E-state index in [4.69, 9.17) is 24.9 Å². The van der Waals surface area contributed by atoms with Crippen molar-refractivity contribution in [1.82, 2.24) is 0 Å². The lowest BCUT2D eigenvalue weighted by Crippen LogP contribution is -2.09. The average molecular weight is 337 g/mol. The minimum absolute atomic E-state index is 0.0927. The molecule has 1 aromatic rings. The second kappa shape index (κ2) is 8.21. The molecule has 8 heteroatoms. The number of rotatable bonds is 8. The normalized spacial score (nSPS) is 11.2. The average Bonchev–Trinajstić information content (AvgIpc) is 2.43. The predicted molar refractivity (Wildman–Crippen MR) is 77.4 cm³/mol. The van der Waals surface area contributed by atoms with Gasteiger partial charge >= 0.3 is 5.97 Å². The molecule has 0 aliphatic rings. The van der Waals surface area contributed by atoms with Gasteiger partial charge in [0.25, 0.3) is 9.05 Å². The molecule has 0 spiro atoms. The number of carbonyl (C=O) groups is 1. The lowest BCUT2D eigenvalue weighted by Gasteiger charge is -2.10. The summed E-state index contributed by atoms with van der Waals surface area (Å²) < 4.78 is 38.0. The zero-order valence-electron chi connectivity index (χ0n) is 11.8. The van der Waals surface area contributed by atoms with Gasteiger partial charge in [-0.1, -0.05) is 0 Å². The SMILES string of the molecule is CCOc1ccc(C(=O)OCCCOC)cc1S(=O)(=O)Cl. The van der Waals surface area contributed by atoms with Gasteiger partial charge < -0.3 is 14.2 Å². The first-order chi connectivity index (χ1) is 9.90. The number of hydrogen-bond acceptors (Lipinski definition) is 6. The second-order valence-corrected chi connectivity index (χ2v) is 6.55. The topological polar surface area (TPSA) is 78.9 Å². The van der Waals surface area contributed by atoms with E-state index >= 15 is 0 Å². The molecule has 1 rings (SSSR count). The molecule has 118 valence electrons. The first-order valence-electron chi connectivity index (χ1n) is 6.27. The quantitative estimate of drug-likeness (QED) is 0.411. The summed E-state index contributed by atoms with van der Waals surface area (Å²) in [6, 6.07) is 3.95. The monoisotopic (exact) mass is 336 g/mol. The van der Waals surface area contributed by atoms with E-state index in [2.05, 4.69) is 0 Å². The van der Waals surface area contributed by atoms with Crippen LogP contribution in [0.25, 0.3) is 0 Å². The summed E-state index contributed by atoms with van der Waals surface area (Å²) in [5.74, 6) is -0.529. The minimum Gasteiger partial charge on any atom is -0.492 e. The van der Waals surface area contributed by atoms with Crippen molar-refractivity contribution in [3.63, 3.8) is 0 Å². The molecule has 0 saturated heterocycles. The Morgan fingerprint density at radius 3 is 2.57 bits per heavy atom. The van der Waals surface area contributed by atoms with Crippen LogP contribution in [0.4, 0.5) is 0 Å². The van der Waals surface area contributed by atoms with Crippen molar-refractivity contribution in [2.24, 2.45) is 0 Å². The molecule has 0 saturated carbocycles. The third-order valence-corrected chi connectivity index (χ3v) is 3.81. The third-order valence-electron chi connectivity index (χ3n) is 2.47. The lowest BCUT2D eigenvalue weighted by atomic mass is 10.2. The zero-order valence-corrected chi connectivity index (χ0v) is 13.4. The Bertz CT molecular complexity index is 584. The van der Waals surface area contributed by atoms with Crippen molar-refractivity contribution < 1.29 is 27.4 Å². The zero-order chi connectivity index (χ0) is 15.9. The molecule has 0 heterocycles. The van der Waals surface area contributed by atoms with Crippen LogP contribution < -0.4 is 4.74 Å². The van der Waals surface area contributed by atoms with Crippen molar-refractivity contribution >= 4 is 25.7 Å². The Hall–Kier alpha value is -1.31. The molecule has 0 unspecified atom stereocenters. The molecule has 0 amide bonds. The van der Waals surface area contributed by atoms with Gasteiger partial charge in [-0.15, -0.1) is 0 Å². The van der Waals surface area contributed by atoms with Gasteiger partial charge in [-0.3, -0.25) is 0 Å². The number of hydrogen-bond donors (Lipinski definition) is 0. The standard InChI is InChI=1S/C13H17ClO6S/c1-3-19-11-6-5-10(9-12(11)21(14,16)17)13(15)20-8-4-7-18-2/h5-6,9H,3-4,7-8H2,1-2H3. The first kappa shape index (κ1) is 17.7. The van der Waals surface area contributed by atoms with Crippen molar-refractivity contribution in [1.29, 1.82) is 0 Å². The van der Waals surface area contributed by atoms with Crippen LogP contribution >= 0.6 is 10.7 Å². The highest BCUT2D eigenvalue weighted by Gasteiger charge is 2.20. The number of halogens is 1. The summed E-state index contributed by atoms with van der Waals surface area (Å²) in [6.07, 6.45) is 0.555. The Morgan fingerprint density at radius 2 is 2.00 bits per heavy atom. The fraction of sp³-hybridized carbons (Fsp3) is 0.462. The maximum Gasteiger partial charge on any atom is 0.338 e. The van der Waals surface area contributed by atoms with E-state index in [1.165, 1.54) is 12.1 Å². The Balaban J connectivity index is 2.92. The van der Waals surface area contributed by atoms with E-state index in [1.807, 2.05) is 0 Å². The summed E-state index contributed by atoms with van der Waals surface area (Å²) in [5, 5.41) is 0. The Kier molecular flexibility index (Phi) is 6.94. The van der Waals surface area contributed by atoms with Crippen molar-refractivity contribution in [3.05, 3.63) is 23.8 Å². The molecule has 0 aliphatic carbocycles. The molecule has 0 bridgehead atoms. The van der Waals surface area contributed by atoms with Gasteiger partial charge in [-0.2, -0.15) is 0 Å².